The summed E-state index contributed by atoms with van der Waals surface area (Å²) in [5.41, 5.74) is 2.34. The van der Waals surface area contributed by atoms with Crippen LogP contribution in [0.2, 0.25) is 0 Å². The second-order valence-corrected chi connectivity index (χ2v) is 8.77. The van der Waals surface area contributed by atoms with Gasteiger partial charge in [0.25, 0.3) is 5.91 Å². The first-order valence-corrected chi connectivity index (χ1v) is 12.1. The van der Waals surface area contributed by atoms with Crippen molar-refractivity contribution in [3.05, 3.63) is 95.9 Å². The summed E-state index contributed by atoms with van der Waals surface area (Å²) in [5.74, 6) is -0.00504. The minimum Gasteiger partial charge on any atom is -0.497 e. The number of carbonyl (C=O) groups is 2. The molecule has 1 heterocycles. The number of aryl methyl sites for hydroxylation is 1. The van der Waals surface area contributed by atoms with E-state index in [0.717, 1.165) is 5.57 Å². The van der Waals surface area contributed by atoms with Crippen LogP contribution in [-0.4, -0.2) is 46.4 Å². The number of hydrogen-bond acceptors (Lipinski definition) is 4. The number of imidazole rings is 1. The fourth-order valence-corrected chi connectivity index (χ4v) is 4.11. The maximum absolute atomic E-state index is 14.8. The lowest BCUT2D eigenvalue weighted by atomic mass is 10.2. The van der Waals surface area contributed by atoms with Crippen LogP contribution in [0, 0.1) is 11.2 Å². The van der Waals surface area contributed by atoms with Gasteiger partial charge in [0, 0.05) is 32.1 Å². The number of halogens is 1. The smallest absolute Gasteiger partial charge is 0.253 e. The summed E-state index contributed by atoms with van der Waals surface area (Å²) >= 11 is 0. The number of methoxy groups -OCH3 is 1. The molecule has 0 atom stereocenters. The average Bonchev–Trinajstić information content (AvgIpc) is 3.15. The maximum atomic E-state index is 14.8. The first-order chi connectivity index (χ1) is 17.8. The highest BCUT2D eigenvalue weighted by molar-refractivity contribution is 5.94. The topological polar surface area (TPSA) is 80.3 Å². The average molecular weight is 505 g/mol. The zero-order valence-corrected chi connectivity index (χ0v) is 21.5. The second kappa shape index (κ2) is 12.7. The van der Waals surface area contributed by atoms with E-state index in [0.29, 0.717) is 36.3 Å². The van der Waals surface area contributed by atoms with E-state index >= 15 is 0 Å². The van der Waals surface area contributed by atoms with Crippen LogP contribution in [0.3, 0.4) is 0 Å². The molecule has 0 bridgehead atoms. The molecule has 0 radical (unpaired) electrons. The summed E-state index contributed by atoms with van der Waals surface area (Å²) in [6, 6.07) is 11.5. The Bertz CT molecular complexity index is 1400. The number of ether oxygens (including phenoxy) is 1. The van der Waals surface area contributed by atoms with Gasteiger partial charge in [-0.1, -0.05) is 42.5 Å². The van der Waals surface area contributed by atoms with Crippen LogP contribution >= 0.6 is 0 Å². The molecule has 0 fully saturated rings. The first-order valence-electron chi connectivity index (χ1n) is 12.1. The van der Waals surface area contributed by atoms with Crippen molar-refractivity contribution in [3.8, 4) is 5.75 Å². The van der Waals surface area contributed by atoms with Gasteiger partial charge in [0.1, 0.15) is 17.1 Å². The van der Waals surface area contributed by atoms with Crippen molar-refractivity contribution in [2.24, 2.45) is 0 Å². The number of nitrogens with one attached hydrogen (secondary N) is 1. The number of carbonyl (C=O) groups excluding carboxylic acids is 2. The summed E-state index contributed by atoms with van der Waals surface area (Å²) in [5, 5.41) is 8.68. The van der Waals surface area contributed by atoms with Crippen molar-refractivity contribution in [2.75, 3.05) is 20.7 Å². The molecule has 0 unspecified atom stereocenters. The van der Waals surface area contributed by atoms with Crippen molar-refractivity contribution in [3.63, 3.8) is 0 Å². The van der Waals surface area contributed by atoms with E-state index in [9.17, 15) is 14.0 Å². The number of fused-ring (bicyclic) bond motifs is 1. The Hall–Kier alpha value is -4.20. The minimum absolute atomic E-state index is 0.0315. The van der Waals surface area contributed by atoms with Gasteiger partial charge >= 0.3 is 0 Å². The molecule has 1 N–H and O–H groups in total. The third-order valence-corrected chi connectivity index (χ3v) is 6.04. The molecule has 194 valence electrons. The van der Waals surface area contributed by atoms with Crippen LogP contribution in [0.1, 0.15) is 30.1 Å². The van der Waals surface area contributed by atoms with Gasteiger partial charge in [0.15, 0.2) is 5.78 Å². The van der Waals surface area contributed by atoms with E-state index in [1.165, 1.54) is 10.6 Å². The van der Waals surface area contributed by atoms with Crippen LogP contribution in [0.25, 0.3) is 11.0 Å². The van der Waals surface area contributed by atoms with Gasteiger partial charge < -0.3 is 18.8 Å². The van der Waals surface area contributed by atoms with Crippen molar-refractivity contribution in [1.82, 2.24) is 14.0 Å². The normalized spacial score (nSPS) is 11.7. The lowest BCUT2D eigenvalue weighted by Gasteiger charge is -2.17. The number of allylic oxidation sites excluding steroid dienone is 5. The Morgan fingerprint density at radius 1 is 1.16 bits per heavy atom. The summed E-state index contributed by atoms with van der Waals surface area (Å²) in [7, 11) is 3.28. The summed E-state index contributed by atoms with van der Waals surface area (Å²) < 4.78 is 23.1. The summed E-state index contributed by atoms with van der Waals surface area (Å²) in [4.78, 5) is 27.0. The standard InChI is InChI=1S/C29H33FN4O3/c1-5-9-21(2)10-6-11-23(35)20-34-26-13-7-12-25(30)27(26)33(29(34)31)19-8-18-32(3)28(36)22-14-16-24(37-4)17-15-22/h5-7,9-10,12-17,31H,1,8,11,18-20H2,2-4H3/b10-6-,21-9-,31-29?. The van der Waals surface area contributed by atoms with Gasteiger partial charge in [0.2, 0.25) is 5.62 Å². The minimum atomic E-state index is -0.454. The predicted molar refractivity (Wildman–Crippen MR) is 143 cm³/mol. The Morgan fingerprint density at radius 3 is 2.57 bits per heavy atom. The highest BCUT2D eigenvalue weighted by Gasteiger charge is 2.17. The van der Waals surface area contributed by atoms with E-state index in [1.54, 1.807) is 72.2 Å². The third kappa shape index (κ3) is 6.73. The number of amides is 1. The number of benzene rings is 2. The van der Waals surface area contributed by atoms with Gasteiger partial charge in [-0.05, 0) is 49.7 Å². The third-order valence-electron chi connectivity index (χ3n) is 6.04. The lowest BCUT2D eigenvalue weighted by molar-refractivity contribution is -0.118. The van der Waals surface area contributed by atoms with Gasteiger partial charge in [-0.3, -0.25) is 15.0 Å². The fraction of sp³-hybridized carbons (Fsp3) is 0.276. The summed E-state index contributed by atoms with van der Waals surface area (Å²) in [6.45, 7) is 6.27. The molecule has 1 aromatic heterocycles. The molecular formula is C29H33FN4O3. The zero-order valence-electron chi connectivity index (χ0n) is 21.5. The molecule has 0 aliphatic rings. The highest BCUT2D eigenvalue weighted by atomic mass is 19.1. The predicted octanol–water partition coefficient (Wildman–Crippen LogP) is 4.88. The molecule has 0 saturated carbocycles. The van der Waals surface area contributed by atoms with Crippen LogP contribution in [0.15, 0.2) is 78.9 Å². The number of hydrogen-bond donors (Lipinski definition) is 1. The molecule has 0 aliphatic carbocycles. The highest BCUT2D eigenvalue weighted by Crippen LogP contribution is 2.18. The SMILES string of the molecule is C=C/C=C(C)\C=C/CC(=O)Cn1c(=N)n(CCCN(C)C(=O)c2ccc(OC)cc2)c2c(F)cccc21. The zero-order chi connectivity index (χ0) is 26.9. The molecule has 0 aliphatic heterocycles. The Morgan fingerprint density at radius 2 is 1.89 bits per heavy atom. The van der Waals surface area contributed by atoms with E-state index in [2.05, 4.69) is 6.58 Å². The summed E-state index contributed by atoms with van der Waals surface area (Å²) in [6.07, 6.45) is 7.86. The van der Waals surface area contributed by atoms with Crippen molar-refractivity contribution < 1.29 is 18.7 Å². The molecular weight excluding hydrogens is 471 g/mol. The number of rotatable bonds is 12. The number of ketones is 1. The molecule has 37 heavy (non-hydrogen) atoms. The quantitative estimate of drug-likeness (QED) is 0.357. The van der Waals surface area contributed by atoms with Crippen LogP contribution in [0.5, 0.6) is 5.75 Å². The number of aromatic nitrogens is 2. The van der Waals surface area contributed by atoms with Gasteiger partial charge in [-0.25, -0.2) is 4.39 Å². The van der Waals surface area contributed by atoms with Gasteiger partial charge in [-0.15, -0.1) is 0 Å². The van der Waals surface area contributed by atoms with Gasteiger partial charge in [0.05, 0.1) is 19.2 Å². The Labute approximate surface area is 216 Å². The monoisotopic (exact) mass is 504 g/mol. The molecule has 8 heteroatoms. The number of nitrogens with zero attached hydrogens (tertiary/aromatic N) is 3. The molecule has 7 nitrogen and oxygen atoms in total. The van der Waals surface area contributed by atoms with Crippen molar-refractivity contribution in [2.45, 2.75) is 32.9 Å². The maximum Gasteiger partial charge on any atom is 0.253 e. The van der Waals surface area contributed by atoms with E-state index < -0.39 is 5.82 Å². The molecule has 2 aromatic carbocycles. The van der Waals surface area contributed by atoms with Crippen LogP contribution < -0.4 is 10.4 Å². The molecule has 3 rings (SSSR count). The van der Waals surface area contributed by atoms with Crippen LogP contribution in [0.4, 0.5) is 4.39 Å². The van der Waals surface area contributed by atoms with E-state index in [-0.39, 0.29) is 35.8 Å². The fourth-order valence-electron chi connectivity index (χ4n) is 4.11. The Balaban J connectivity index is 1.73. The van der Waals surface area contributed by atoms with E-state index in [1.807, 2.05) is 19.1 Å². The number of Topliss-reactive ketones (excluding diaryl/α,β-unsaturated/α-hetero) is 1. The molecule has 3 aromatic rings. The van der Waals surface area contributed by atoms with E-state index in [4.69, 9.17) is 10.1 Å². The number of para-hydroxylation sites is 1. The van der Waals surface area contributed by atoms with Gasteiger partial charge in [-0.2, -0.15) is 0 Å². The largest absolute Gasteiger partial charge is 0.497 e. The molecule has 0 spiro atoms. The molecule has 0 saturated heterocycles. The van der Waals surface area contributed by atoms with Crippen LogP contribution in [-0.2, 0) is 17.9 Å². The molecule has 1 amide bonds. The lowest BCUT2D eigenvalue weighted by Crippen LogP contribution is -2.30. The Kier molecular flexibility index (Phi) is 9.38. The van der Waals surface area contributed by atoms with Crippen molar-refractivity contribution >= 4 is 22.7 Å². The first kappa shape index (κ1) is 27.4. The second-order valence-electron chi connectivity index (χ2n) is 8.77. The van der Waals surface area contributed by atoms with Crippen molar-refractivity contribution in [1.29, 1.82) is 5.41 Å².